The minimum atomic E-state index is -1.66. The molecule has 0 bridgehead atoms. The maximum absolute atomic E-state index is 13.4. The van der Waals surface area contributed by atoms with Crippen molar-refractivity contribution in [2.24, 2.45) is 0 Å². The van der Waals surface area contributed by atoms with E-state index in [1.807, 2.05) is 0 Å². The van der Waals surface area contributed by atoms with Gasteiger partial charge in [-0.2, -0.15) is 0 Å². The summed E-state index contributed by atoms with van der Waals surface area (Å²) in [6, 6.07) is 8.18. The average Bonchev–Trinajstić information content (AvgIpc) is 2.36. The van der Waals surface area contributed by atoms with E-state index in [2.05, 4.69) is 21.2 Å². The monoisotopic (exact) mass is 329 g/mol. The summed E-state index contributed by atoms with van der Waals surface area (Å²) >= 11 is 3.21. The Labute approximate surface area is 115 Å². The summed E-state index contributed by atoms with van der Waals surface area (Å²) in [5, 5.41) is 2.39. The van der Waals surface area contributed by atoms with Gasteiger partial charge in [0.1, 0.15) is 0 Å². The number of hydrogen-bond donors (Lipinski definition) is 1. The summed E-state index contributed by atoms with van der Waals surface area (Å²) in [5.41, 5.74) is -0.151. The van der Waals surface area contributed by atoms with Crippen LogP contribution in [-0.4, -0.2) is 5.91 Å². The molecule has 2 aromatic rings. The Hall–Kier alpha value is -1.82. The smallest absolute Gasteiger partial charge is 0.258 e. The van der Waals surface area contributed by atoms with Gasteiger partial charge in [-0.1, -0.05) is 22.0 Å². The summed E-state index contributed by atoms with van der Waals surface area (Å²) in [6.07, 6.45) is 0. The average molecular weight is 330 g/mol. The van der Waals surface area contributed by atoms with E-state index in [1.165, 1.54) is 0 Å². The third kappa shape index (κ3) is 2.96. The number of carbonyl (C=O) groups excluding carboxylic acids is 1. The third-order valence-corrected chi connectivity index (χ3v) is 2.86. The minimum absolute atomic E-state index is 0.406. The molecule has 0 saturated carbocycles. The van der Waals surface area contributed by atoms with Gasteiger partial charge in [0, 0.05) is 10.2 Å². The second-order valence-corrected chi connectivity index (χ2v) is 4.60. The van der Waals surface area contributed by atoms with E-state index in [4.69, 9.17) is 0 Å². The number of hydrogen-bond acceptors (Lipinski definition) is 1. The summed E-state index contributed by atoms with van der Waals surface area (Å²) in [4.78, 5) is 11.8. The normalized spacial score (nSPS) is 10.3. The number of carbonyl (C=O) groups is 1. The molecule has 0 aliphatic carbocycles. The Bertz CT molecular complexity index is 646. The highest BCUT2D eigenvalue weighted by molar-refractivity contribution is 9.10. The van der Waals surface area contributed by atoms with Crippen molar-refractivity contribution in [1.29, 1.82) is 0 Å². The molecule has 1 N–H and O–H groups in total. The van der Waals surface area contributed by atoms with Crippen molar-refractivity contribution >= 4 is 27.5 Å². The highest BCUT2D eigenvalue weighted by Crippen LogP contribution is 2.19. The van der Waals surface area contributed by atoms with Crippen molar-refractivity contribution in [1.82, 2.24) is 0 Å². The van der Waals surface area contributed by atoms with E-state index < -0.39 is 28.9 Å². The predicted octanol–water partition coefficient (Wildman–Crippen LogP) is 4.12. The van der Waals surface area contributed by atoms with Crippen LogP contribution in [0.4, 0.5) is 18.9 Å². The van der Waals surface area contributed by atoms with Crippen LogP contribution in [0.25, 0.3) is 0 Å². The van der Waals surface area contributed by atoms with Gasteiger partial charge in [-0.15, -0.1) is 0 Å². The first-order valence-corrected chi connectivity index (χ1v) is 5.99. The quantitative estimate of drug-likeness (QED) is 0.825. The molecular weight excluding hydrogens is 323 g/mol. The number of halogens is 4. The van der Waals surface area contributed by atoms with Crippen LogP contribution in [0.15, 0.2) is 40.9 Å². The lowest BCUT2D eigenvalue weighted by atomic mass is 10.1. The summed E-state index contributed by atoms with van der Waals surface area (Å²) < 4.78 is 39.9. The minimum Gasteiger partial charge on any atom is -0.322 e. The van der Waals surface area contributed by atoms with E-state index in [-0.39, 0.29) is 0 Å². The molecule has 0 fully saturated rings. The zero-order valence-corrected chi connectivity index (χ0v) is 11.0. The fraction of sp³-hybridized carbons (Fsp3) is 0. The molecule has 0 aromatic heterocycles. The van der Waals surface area contributed by atoms with Crippen molar-refractivity contribution in [2.45, 2.75) is 0 Å². The summed E-state index contributed by atoms with van der Waals surface area (Å²) in [7, 11) is 0. The SMILES string of the molecule is O=C(Nc1cccc(Br)c1)c1ccc(F)c(F)c1F. The van der Waals surface area contributed by atoms with Gasteiger partial charge in [0.05, 0.1) is 5.56 Å². The molecule has 0 aliphatic heterocycles. The molecule has 0 heterocycles. The van der Waals surface area contributed by atoms with Crippen LogP contribution in [0, 0.1) is 17.5 Å². The number of nitrogens with one attached hydrogen (secondary N) is 1. The van der Waals surface area contributed by atoms with Crippen LogP contribution < -0.4 is 5.32 Å². The first kappa shape index (κ1) is 13.6. The van der Waals surface area contributed by atoms with Gasteiger partial charge in [0.25, 0.3) is 5.91 Å². The first-order chi connectivity index (χ1) is 8.99. The van der Waals surface area contributed by atoms with Crippen LogP contribution in [0.3, 0.4) is 0 Å². The Morgan fingerprint density at radius 3 is 2.47 bits per heavy atom. The predicted molar refractivity (Wildman–Crippen MR) is 68.4 cm³/mol. The standard InChI is InChI=1S/C13H7BrF3NO/c14-7-2-1-3-8(6-7)18-13(19)9-4-5-10(15)12(17)11(9)16/h1-6H,(H,18,19). The number of rotatable bonds is 2. The van der Waals surface area contributed by atoms with Crippen LogP contribution in [0.2, 0.25) is 0 Å². The van der Waals surface area contributed by atoms with Crippen molar-refractivity contribution in [2.75, 3.05) is 5.32 Å². The van der Waals surface area contributed by atoms with E-state index in [1.54, 1.807) is 24.3 Å². The van der Waals surface area contributed by atoms with Crippen molar-refractivity contribution in [3.05, 3.63) is 63.9 Å². The van der Waals surface area contributed by atoms with E-state index >= 15 is 0 Å². The molecule has 0 spiro atoms. The fourth-order valence-corrected chi connectivity index (χ4v) is 1.87. The second kappa shape index (κ2) is 5.44. The highest BCUT2D eigenvalue weighted by Gasteiger charge is 2.18. The zero-order chi connectivity index (χ0) is 14.0. The maximum atomic E-state index is 13.4. The van der Waals surface area contributed by atoms with Crippen LogP contribution in [0.1, 0.15) is 10.4 Å². The Morgan fingerprint density at radius 2 is 1.79 bits per heavy atom. The summed E-state index contributed by atoms with van der Waals surface area (Å²) in [5.74, 6) is -5.36. The molecule has 0 aliphatic rings. The lowest BCUT2D eigenvalue weighted by molar-refractivity contribution is 0.102. The van der Waals surface area contributed by atoms with Crippen molar-refractivity contribution in [3.8, 4) is 0 Å². The molecule has 19 heavy (non-hydrogen) atoms. The molecule has 0 radical (unpaired) electrons. The molecular formula is C13H7BrF3NO. The van der Waals surface area contributed by atoms with E-state index in [9.17, 15) is 18.0 Å². The molecule has 6 heteroatoms. The van der Waals surface area contributed by atoms with Gasteiger partial charge in [-0.05, 0) is 30.3 Å². The molecule has 0 saturated heterocycles. The summed E-state index contributed by atoms with van der Waals surface area (Å²) in [6.45, 7) is 0. The van der Waals surface area contributed by atoms with Gasteiger partial charge in [-0.25, -0.2) is 13.2 Å². The van der Waals surface area contributed by atoms with Gasteiger partial charge in [0.15, 0.2) is 17.5 Å². The van der Waals surface area contributed by atoms with Crippen molar-refractivity contribution < 1.29 is 18.0 Å². The molecule has 0 unspecified atom stereocenters. The topological polar surface area (TPSA) is 29.1 Å². The Balaban J connectivity index is 2.28. The van der Waals surface area contributed by atoms with Gasteiger partial charge < -0.3 is 5.32 Å². The molecule has 2 aromatic carbocycles. The number of benzene rings is 2. The number of amides is 1. The lowest BCUT2D eigenvalue weighted by Gasteiger charge is -2.07. The lowest BCUT2D eigenvalue weighted by Crippen LogP contribution is -2.15. The van der Waals surface area contributed by atoms with E-state index in [0.717, 1.165) is 10.5 Å². The zero-order valence-electron chi connectivity index (χ0n) is 9.38. The fourth-order valence-electron chi connectivity index (χ4n) is 1.47. The molecule has 0 atom stereocenters. The molecule has 2 nitrogen and oxygen atoms in total. The Kier molecular flexibility index (Phi) is 3.90. The van der Waals surface area contributed by atoms with Crippen LogP contribution in [-0.2, 0) is 0 Å². The molecule has 2 rings (SSSR count). The van der Waals surface area contributed by atoms with Crippen molar-refractivity contribution in [3.63, 3.8) is 0 Å². The first-order valence-electron chi connectivity index (χ1n) is 5.19. The van der Waals surface area contributed by atoms with Crippen LogP contribution >= 0.6 is 15.9 Å². The highest BCUT2D eigenvalue weighted by atomic mass is 79.9. The number of anilines is 1. The third-order valence-electron chi connectivity index (χ3n) is 2.36. The molecule has 98 valence electrons. The van der Waals surface area contributed by atoms with Gasteiger partial charge in [-0.3, -0.25) is 4.79 Å². The Morgan fingerprint density at radius 1 is 1.05 bits per heavy atom. The largest absolute Gasteiger partial charge is 0.322 e. The van der Waals surface area contributed by atoms with Gasteiger partial charge in [0.2, 0.25) is 0 Å². The van der Waals surface area contributed by atoms with E-state index in [0.29, 0.717) is 11.8 Å². The second-order valence-electron chi connectivity index (χ2n) is 3.69. The maximum Gasteiger partial charge on any atom is 0.258 e. The van der Waals surface area contributed by atoms with Crippen LogP contribution in [0.5, 0.6) is 0 Å². The molecule has 1 amide bonds. The van der Waals surface area contributed by atoms with Gasteiger partial charge >= 0.3 is 0 Å².